The number of aliphatic hydroxyl groups is 1. The Morgan fingerprint density at radius 1 is 1.42 bits per heavy atom. The van der Waals surface area contributed by atoms with Crippen molar-refractivity contribution in [1.82, 2.24) is 9.88 Å². The first-order valence-corrected chi connectivity index (χ1v) is 7.88. The molecule has 1 aromatic carbocycles. The van der Waals surface area contributed by atoms with Gasteiger partial charge in [-0.15, -0.1) is 11.3 Å². The molecule has 1 heterocycles. The topological polar surface area (TPSA) is 36.4 Å². The van der Waals surface area contributed by atoms with E-state index in [2.05, 4.69) is 31.2 Å². The molecule has 3 nitrogen and oxygen atoms in total. The highest BCUT2D eigenvalue weighted by Gasteiger charge is 2.12. The maximum absolute atomic E-state index is 10.2. The van der Waals surface area contributed by atoms with E-state index in [1.165, 1.54) is 0 Å². The summed E-state index contributed by atoms with van der Waals surface area (Å²) in [5, 5.41) is 12.3. The fourth-order valence-corrected chi connectivity index (χ4v) is 3.01. The van der Waals surface area contributed by atoms with Crippen molar-refractivity contribution in [2.24, 2.45) is 0 Å². The van der Waals surface area contributed by atoms with Crippen molar-refractivity contribution in [2.75, 3.05) is 13.6 Å². The van der Waals surface area contributed by atoms with E-state index < -0.39 is 6.10 Å². The van der Waals surface area contributed by atoms with E-state index in [-0.39, 0.29) is 0 Å². The molecule has 1 aromatic heterocycles. The highest BCUT2D eigenvalue weighted by atomic mass is 79.9. The van der Waals surface area contributed by atoms with Crippen molar-refractivity contribution in [3.8, 4) is 0 Å². The van der Waals surface area contributed by atoms with Crippen molar-refractivity contribution >= 4 is 27.3 Å². The predicted octanol–water partition coefficient (Wildman–Crippen LogP) is 3.46. The molecule has 0 aliphatic rings. The first-order valence-electron chi connectivity index (χ1n) is 6.15. The molecule has 1 unspecified atom stereocenters. The molecule has 102 valence electrons. The van der Waals surface area contributed by atoms with Crippen molar-refractivity contribution in [1.29, 1.82) is 0 Å². The van der Waals surface area contributed by atoms with Gasteiger partial charge < -0.3 is 10.0 Å². The summed E-state index contributed by atoms with van der Waals surface area (Å²) in [6, 6.07) is 7.81. The Morgan fingerprint density at radius 3 is 2.89 bits per heavy atom. The molecule has 0 saturated carbocycles. The molecule has 19 heavy (non-hydrogen) atoms. The Balaban J connectivity index is 1.83. The molecule has 0 saturated heterocycles. The van der Waals surface area contributed by atoms with Crippen LogP contribution in [0.25, 0.3) is 0 Å². The first-order chi connectivity index (χ1) is 9.16. The Labute approximate surface area is 126 Å². The van der Waals surface area contributed by atoms with E-state index in [4.69, 9.17) is 0 Å². The second-order valence-corrected chi connectivity index (χ2v) is 6.12. The fourth-order valence-electron chi connectivity index (χ4n) is 1.91. The minimum absolute atomic E-state index is 0.437. The van der Waals surface area contributed by atoms with E-state index >= 15 is 0 Å². The number of halogens is 1. The van der Waals surface area contributed by atoms with Crippen LogP contribution < -0.4 is 0 Å². The third-order valence-electron chi connectivity index (χ3n) is 2.96. The molecular formula is C14H17BrN2OS. The molecular weight excluding hydrogens is 324 g/mol. The summed E-state index contributed by atoms with van der Waals surface area (Å²) in [5.74, 6) is 0. The lowest BCUT2D eigenvalue weighted by molar-refractivity contribution is 0.147. The number of rotatable bonds is 6. The average Bonchev–Trinajstić information content (AvgIpc) is 2.89. The summed E-state index contributed by atoms with van der Waals surface area (Å²) in [7, 11) is 2.05. The number of benzene rings is 1. The van der Waals surface area contributed by atoms with Gasteiger partial charge in [-0.1, -0.05) is 34.1 Å². The SMILES string of the molecule is CN(CCC(O)c1ccccc1Br)Cc1cscn1. The van der Waals surface area contributed by atoms with Crippen LogP contribution >= 0.6 is 27.3 Å². The lowest BCUT2D eigenvalue weighted by Gasteiger charge is -2.18. The van der Waals surface area contributed by atoms with Gasteiger partial charge in [-0.05, 0) is 25.1 Å². The summed E-state index contributed by atoms with van der Waals surface area (Å²) in [4.78, 5) is 6.44. The highest BCUT2D eigenvalue weighted by Crippen LogP contribution is 2.25. The summed E-state index contributed by atoms with van der Waals surface area (Å²) in [5.41, 5.74) is 3.88. The molecule has 0 spiro atoms. The standard InChI is InChI=1S/C14H17BrN2OS/c1-17(8-11-9-19-10-16-11)7-6-14(18)12-4-2-3-5-13(12)15/h2-5,9-10,14,18H,6-8H2,1H3. The lowest BCUT2D eigenvalue weighted by Crippen LogP contribution is -2.21. The maximum Gasteiger partial charge on any atom is 0.0813 e. The quantitative estimate of drug-likeness (QED) is 0.874. The van der Waals surface area contributed by atoms with Crippen LogP contribution in [0.4, 0.5) is 0 Å². The second-order valence-electron chi connectivity index (χ2n) is 4.54. The van der Waals surface area contributed by atoms with Crippen LogP contribution in [0.5, 0.6) is 0 Å². The van der Waals surface area contributed by atoms with Crippen LogP contribution in [-0.2, 0) is 6.54 Å². The molecule has 2 aromatic rings. The van der Waals surface area contributed by atoms with Gasteiger partial charge in [0.05, 0.1) is 17.3 Å². The molecule has 2 rings (SSSR count). The Hall–Kier alpha value is -0.750. The Morgan fingerprint density at radius 2 is 2.21 bits per heavy atom. The molecule has 0 amide bonds. The highest BCUT2D eigenvalue weighted by molar-refractivity contribution is 9.10. The molecule has 0 radical (unpaired) electrons. The number of hydrogen-bond donors (Lipinski definition) is 1. The van der Waals surface area contributed by atoms with E-state index in [0.717, 1.165) is 28.8 Å². The molecule has 5 heteroatoms. The van der Waals surface area contributed by atoms with Gasteiger partial charge in [-0.2, -0.15) is 0 Å². The van der Waals surface area contributed by atoms with Gasteiger partial charge in [-0.3, -0.25) is 0 Å². The number of hydrogen-bond acceptors (Lipinski definition) is 4. The normalized spacial score (nSPS) is 12.8. The first kappa shape index (κ1) is 14.7. The zero-order chi connectivity index (χ0) is 13.7. The van der Waals surface area contributed by atoms with Crippen LogP contribution in [0.3, 0.4) is 0 Å². The number of aromatic nitrogens is 1. The molecule has 0 aliphatic heterocycles. The fraction of sp³-hybridized carbons (Fsp3) is 0.357. The van der Waals surface area contributed by atoms with Crippen molar-refractivity contribution < 1.29 is 5.11 Å². The lowest BCUT2D eigenvalue weighted by atomic mass is 10.1. The predicted molar refractivity (Wildman–Crippen MR) is 82.2 cm³/mol. The van der Waals surface area contributed by atoms with Crippen molar-refractivity contribution in [3.63, 3.8) is 0 Å². The minimum Gasteiger partial charge on any atom is -0.388 e. The van der Waals surface area contributed by atoms with E-state index in [0.29, 0.717) is 6.42 Å². The minimum atomic E-state index is -0.437. The smallest absolute Gasteiger partial charge is 0.0813 e. The zero-order valence-corrected chi connectivity index (χ0v) is 13.2. The number of thiazole rings is 1. The maximum atomic E-state index is 10.2. The largest absolute Gasteiger partial charge is 0.388 e. The van der Waals surface area contributed by atoms with E-state index in [1.807, 2.05) is 36.8 Å². The Bertz CT molecular complexity index is 504. The average molecular weight is 341 g/mol. The number of aliphatic hydroxyl groups excluding tert-OH is 1. The van der Waals surface area contributed by atoms with Gasteiger partial charge in [-0.25, -0.2) is 4.98 Å². The van der Waals surface area contributed by atoms with Crippen LogP contribution in [-0.4, -0.2) is 28.6 Å². The zero-order valence-electron chi connectivity index (χ0n) is 10.8. The van der Waals surface area contributed by atoms with Crippen LogP contribution in [0.1, 0.15) is 23.8 Å². The van der Waals surface area contributed by atoms with Gasteiger partial charge >= 0.3 is 0 Å². The van der Waals surface area contributed by atoms with Gasteiger partial charge in [0.2, 0.25) is 0 Å². The monoisotopic (exact) mass is 340 g/mol. The third-order valence-corrected chi connectivity index (χ3v) is 4.32. The van der Waals surface area contributed by atoms with Gasteiger partial charge in [0.15, 0.2) is 0 Å². The van der Waals surface area contributed by atoms with Gasteiger partial charge in [0, 0.05) is 22.9 Å². The summed E-state index contributed by atoms with van der Waals surface area (Å²) in [6.45, 7) is 1.66. The summed E-state index contributed by atoms with van der Waals surface area (Å²) >= 11 is 5.08. The summed E-state index contributed by atoms with van der Waals surface area (Å²) < 4.78 is 0.963. The van der Waals surface area contributed by atoms with Crippen LogP contribution in [0.2, 0.25) is 0 Å². The van der Waals surface area contributed by atoms with Crippen molar-refractivity contribution in [2.45, 2.75) is 19.1 Å². The molecule has 1 N–H and O–H groups in total. The molecule has 0 bridgehead atoms. The second kappa shape index (κ2) is 7.14. The number of nitrogens with zero attached hydrogens (tertiary/aromatic N) is 2. The molecule has 1 atom stereocenters. The molecule has 0 fully saturated rings. The molecule has 0 aliphatic carbocycles. The van der Waals surface area contributed by atoms with E-state index in [9.17, 15) is 5.11 Å². The summed E-state index contributed by atoms with van der Waals surface area (Å²) in [6.07, 6.45) is 0.275. The van der Waals surface area contributed by atoms with Gasteiger partial charge in [0.25, 0.3) is 0 Å². The van der Waals surface area contributed by atoms with E-state index in [1.54, 1.807) is 11.3 Å². The van der Waals surface area contributed by atoms with Crippen molar-refractivity contribution in [3.05, 3.63) is 50.9 Å². The van der Waals surface area contributed by atoms with Crippen LogP contribution in [0.15, 0.2) is 39.6 Å². The van der Waals surface area contributed by atoms with Gasteiger partial charge in [0.1, 0.15) is 0 Å². The third kappa shape index (κ3) is 4.38. The Kier molecular flexibility index (Phi) is 5.51. The van der Waals surface area contributed by atoms with Crippen LogP contribution in [0, 0.1) is 0 Å².